The number of nitrogens with one attached hydrogen (secondary N) is 1. The fraction of sp³-hybridized carbons (Fsp3) is 0.444. The van der Waals surface area contributed by atoms with Crippen molar-refractivity contribution in [2.24, 2.45) is 11.8 Å². The normalized spacial score (nSPS) is 23.4. The Bertz CT molecular complexity index is 1070. The second-order valence-corrected chi connectivity index (χ2v) is 9.51. The first-order valence-corrected chi connectivity index (χ1v) is 12.2. The largest absolute Gasteiger partial charge is 0.481 e. The third-order valence-corrected chi connectivity index (χ3v) is 7.39. The van der Waals surface area contributed by atoms with Crippen LogP contribution in [0.3, 0.4) is 0 Å². The Morgan fingerprint density at radius 3 is 2.40 bits per heavy atom. The van der Waals surface area contributed by atoms with Crippen LogP contribution in [0.2, 0.25) is 0 Å². The van der Waals surface area contributed by atoms with Gasteiger partial charge in [0.25, 0.3) is 5.91 Å². The number of amides is 2. The van der Waals surface area contributed by atoms with Crippen molar-refractivity contribution >= 4 is 18.0 Å². The summed E-state index contributed by atoms with van der Waals surface area (Å²) in [7, 11) is 0. The van der Waals surface area contributed by atoms with Crippen LogP contribution >= 0.6 is 0 Å². The average molecular weight is 479 g/mol. The highest BCUT2D eigenvalue weighted by molar-refractivity contribution is 5.83. The predicted octanol–water partition coefficient (Wildman–Crippen LogP) is 3.25. The topological polar surface area (TPSA) is 105 Å². The first-order chi connectivity index (χ1) is 17.0. The zero-order chi connectivity index (χ0) is 24.4. The van der Waals surface area contributed by atoms with Crippen molar-refractivity contribution in [3.8, 4) is 11.1 Å². The number of likely N-dealkylation sites (tertiary alicyclic amines) is 1. The van der Waals surface area contributed by atoms with Gasteiger partial charge in [-0.2, -0.15) is 0 Å². The lowest BCUT2D eigenvalue weighted by Gasteiger charge is -2.33. The molecular formula is C27H30N2O6. The Kier molecular flexibility index (Phi) is 6.72. The second-order valence-electron chi connectivity index (χ2n) is 9.51. The van der Waals surface area contributed by atoms with Gasteiger partial charge in [-0.3, -0.25) is 9.59 Å². The SMILES string of the molecule is O=C(NC[C@H]1CCO[C@H]1C(=O)N1CCC[C@H](C(=O)O)C1)OCC1c2ccccc2-c2ccccc21. The molecule has 8 nitrogen and oxygen atoms in total. The third-order valence-electron chi connectivity index (χ3n) is 7.39. The summed E-state index contributed by atoms with van der Waals surface area (Å²) in [6.45, 7) is 1.68. The smallest absolute Gasteiger partial charge is 0.407 e. The number of nitrogens with zero attached hydrogens (tertiary/aromatic N) is 1. The molecule has 2 aromatic rings. The van der Waals surface area contributed by atoms with Gasteiger partial charge in [-0.15, -0.1) is 0 Å². The van der Waals surface area contributed by atoms with Gasteiger partial charge in [0.15, 0.2) is 0 Å². The summed E-state index contributed by atoms with van der Waals surface area (Å²) in [6.07, 6.45) is 0.705. The van der Waals surface area contributed by atoms with Crippen LogP contribution in [-0.2, 0) is 19.1 Å². The molecule has 0 radical (unpaired) electrons. The molecule has 0 aromatic heterocycles. The molecule has 184 valence electrons. The lowest BCUT2D eigenvalue weighted by molar-refractivity contribution is -0.149. The summed E-state index contributed by atoms with van der Waals surface area (Å²) in [4.78, 5) is 38.5. The van der Waals surface area contributed by atoms with Gasteiger partial charge in [-0.05, 0) is 41.5 Å². The summed E-state index contributed by atoms with van der Waals surface area (Å²) in [6, 6.07) is 16.3. The number of hydrogen-bond donors (Lipinski definition) is 2. The van der Waals surface area contributed by atoms with Crippen molar-refractivity contribution in [1.82, 2.24) is 10.2 Å². The van der Waals surface area contributed by atoms with E-state index in [1.807, 2.05) is 24.3 Å². The van der Waals surface area contributed by atoms with E-state index in [1.54, 1.807) is 4.90 Å². The van der Waals surface area contributed by atoms with E-state index in [0.717, 1.165) is 11.1 Å². The molecule has 2 N–H and O–H groups in total. The molecular weight excluding hydrogens is 448 g/mol. The van der Waals surface area contributed by atoms with Crippen LogP contribution in [0.15, 0.2) is 48.5 Å². The molecule has 8 heteroatoms. The molecule has 3 aliphatic rings. The van der Waals surface area contributed by atoms with Crippen LogP contribution in [0, 0.1) is 11.8 Å². The third kappa shape index (κ3) is 4.75. The van der Waals surface area contributed by atoms with Crippen LogP contribution < -0.4 is 5.32 Å². The fourth-order valence-electron chi connectivity index (χ4n) is 5.54. The maximum Gasteiger partial charge on any atom is 0.407 e. The highest BCUT2D eigenvalue weighted by Gasteiger charge is 2.39. The van der Waals surface area contributed by atoms with Gasteiger partial charge in [0, 0.05) is 38.1 Å². The maximum atomic E-state index is 13.0. The molecule has 0 unspecified atom stereocenters. The average Bonchev–Trinajstić information content (AvgIpc) is 3.48. The van der Waals surface area contributed by atoms with Crippen LogP contribution in [0.5, 0.6) is 0 Å². The minimum absolute atomic E-state index is 0.0152. The quantitative estimate of drug-likeness (QED) is 0.660. The standard InChI is InChI=1S/C27H30N2O6/c30-25(29-12-5-6-18(15-29)26(31)32)24-17(11-13-34-24)14-28-27(33)35-16-23-21-9-3-1-7-19(21)20-8-2-4-10-22(20)23/h1-4,7-10,17-18,23-24H,5-6,11-16H2,(H,28,33)(H,31,32)/t17-,18+,24-/m1/s1. The summed E-state index contributed by atoms with van der Waals surface area (Å²) in [5, 5.41) is 12.1. The molecule has 2 saturated heterocycles. The van der Waals surface area contributed by atoms with E-state index in [2.05, 4.69) is 29.6 Å². The number of benzene rings is 2. The van der Waals surface area contributed by atoms with Gasteiger partial charge in [-0.1, -0.05) is 48.5 Å². The van der Waals surface area contributed by atoms with E-state index in [0.29, 0.717) is 32.4 Å². The zero-order valence-electron chi connectivity index (χ0n) is 19.5. The van der Waals surface area contributed by atoms with Crippen LogP contribution in [0.25, 0.3) is 11.1 Å². The second kappa shape index (κ2) is 10.1. The van der Waals surface area contributed by atoms with E-state index < -0.39 is 24.1 Å². The summed E-state index contributed by atoms with van der Waals surface area (Å²) in [5.74, 6) is -1.78. The van der Waals surface area contributed by atoms with Crippen molar-refractivity contribution < 1.29 is 29.0 Å². The number of ether oxygens (including phenoxy) is 2. The minimum atomic E-state index is -0.872. The molecule has 2 heterocycles. The van der Waals surface area contributed by atoms with E-state index in [4.69, 9.17) is 9.47 Å². The Morgan fingerprint density at radius 1 is 1.03 bits per heavy atom. The van der Waals surface area contributed by atoms with E-state index >= 15 is 0 Å². The molecule has 1 aliphatic carbocycles. The number of fused-ring (bicyclic) bond motifs is 3. The number of alkyl carbamates (subject to hydrolysis) is 1. The predicted molar refractivity (Wildman–Crippen MR) is 128 cm³/mol. The van der Waals surface area contributed by atoms with Gasteiger partial charge < -0.3 is 24.8 Å². The number of carbonyl (C=O) groups is 3. The van der Waals surface area contributed by atoms with Crippen molar-refractivity contribution in [1.29, 1.82) is 0 Å². The Morgan fingerprint density at radius 2 is 1.71 bits per heavy atom. The van der Waals surface area contributed by atoms with E-state index in [-0.39, 0.29) is 37.4 Å². The molecule has 3 atom stereocenters. The molecule has 0 bridgehead atoms. The highest BCUT2D eigenvalue weighted by Crippen LogP contribution is 2.44. The van der Waals surface area contributed by atoms with Crippen LogP contribution in [0.4, 0.5) is 4.79 Å². The van der Waals surface area contributed by atoms with Crippen molar-refractivity contribution in [2.45, 2.75) is 31.3 Å². The number of hydrogen-bond acceptors (Lipinski definition) is 5. The highest BCUT2D eigenvalue weighted by atomic mass is 16.5. The van der Waals surface area contributed by atoms with Gasteiger partial charge in [0.05, 0.1) is 5.92 Å². The monoisotopic (exact) mass is 478 g/mol. The summed E-state index contributed by atoms with van der Waals surface area (Å²) in [5.41, 5.74) is 4.64. The molecule has 5 rings (SSSR count). The Labute approximate surface area is 204 Å². The van der Waals surface area contributed by atoms with Gasteiger partial charge >= 0.3 is 12.1 Å². The van der Waals surface area contributed by atoms with E-state index in [9.17, 15) is 19.5 Å². The number of aliphatic carboxylic acids is 1. The number of rotatable bonds is 6. The number of carboxylic acid groups (broad SMARTS) is 1. The Hall–Kier alpha value is -3.39. The zero-order valence-corrected chi connectivity index (χ0v) is 19.5. The van der Waals surface area contributed by atoms with Crippen molar-refractivity contribution in [3.63, 3.8) is 0 Å². The summed E-state index contributed by atoms with van der Waals surface area (Å²) < 4.78 is 11.3. The lowest BCUT2D eigenvalue weighted by Crippen LogP contribution is -2.49. The van der Waals surface area contributed by atoms with Gasteiger partial charge in [0.1, 0.15) is 12.7 Å². The maximum absolute atomic E-state index is 13.0. The van der Waals surface area contributed by atoms with Crippen LogP contribution in [-0.4, -0.2) is 66.9 Å². The molecule has 2 amide bonds. The fourth-order valence-corrected chi connectivity index (χ4v) is 5.54. The van der Waals surface area contributed by atoms with Crippen molar-refractivity contribution in [3.05, 3.63) is 59.7 Å². The molecule has 2 aliphatic heterocycles. The molecule has 35 heavy (non-hydrogen) atoms. The molecule has 0 saturated carbocycles. The first kappa shape index (κ1) is 23.4. The van der Waals surface area contributed by atoms with Gasteiger partial charge in [-0.25, -0.2) is 4.79 Å². The minimum Gasteiger partial charge on any atom is -0.481 e. The number of piperidine rings is 1. The van der Waals surface area contributed by atoms with E-state index in [1.165, 1.54) is 11.1 Å². The molecule has 0 spiro atoms. The summed E-state index contributed by atoms with van der Waals surface area (Å²) >= 11 is 0. The number of carbonyl (C=O) groups excluding carboxylic acids is 2. The van der Waals surface area contributed by atoms with Crippen molar-refractivity contribution in [2.75, 3.05) is 32.8 Å². The van der Waals surface area contributed by atoms with Crippen LogP contribution in [0.1, 0.15) is 36.3 Å². The lowest BCUT2D eigenvalue weighted by atomic mass is 9.95. The first-order valence-electron chi connectivity index (χ1n) is 12.2. The molecule has 2 fully saturated rings. The molecule has 2 aromatic carbocycles. The van der Waals surface area contributed by atoms with Gasteiger partial charge in [0.2, 0.25) is 0 Å². The number of carboxylic acids is 1. The Balaban J connectivity index is 1.15.